The van der Waals surface area contributed by atoms with Crippen molar-refractivity contribution in [3.8, 4) is 0 Å². The van der Waals surface area contributed by atoms with Crippen LogP contribution in [-0.4, -0.2) is 28.9 Å². The van der Waals surface area contributed by atoms with Gasteiger partial charge in [-0.1, -0.05) is 26.0 Å². The highest BCUT2D eigenvalue weighted by atomic mass is 19.1. The number of nitrogens with one attached hydrogen (secondary N) is 1. The zero-order chi connectivity index (χ0) is 13.6. The maximum absolute atomic E-state index is 12.7. The van der Waals surface area contributed by atoms with Crippen LogP contribution in [0.1, 0.15) is 38.4 Å². The van der Waals surface area contributed by atoms with Gasteiger partial charge in [0.05, 0.1) is 11.7 Å². The topological polar surface area (TPSA) is 52.5 Å². The van der Waals surface area contributed by atoms with Gasteiger partial charge in [-0.3, -0.25) is 0 Å². The first-order valence-electron chi connectivity index (χ1n) is 6.37. The van der Waals surface area contributed by atoms with Crippen molar-refractivity contribution >= 4 is 0 Å². The molecule has 0 aromatic heterocycles. The van der Waals surface area contributed by atoms with Crippen molar-refractivity contribution in [3.05, 3.63) is 35.6 Å². The molecule has 0 heterocycles. The summed E-state index contributed by atoms with van der Waals surface area (Å²) in [5, 5.41) is 23.0. The van der Waals surface area contributed by atoms with Gasteiger partial charge >= 0.3 is 0 Å². The Labute approximate surface area is 108 Å². The zero-order valence-electron chi connectivity index (χ0n) is 11.0. The van der Waals surface area contributed by atoms with Crippen LogP contribution in [0.3, 0.4) is 0 Å². The highest BCUT2D eigenvalue weighted by molar-refractivity contribution is 5.18. The Balaban J connectivity index is 2.42. The van der Waals surface area contributed by atoms with Crippen molar-refractivity contribution in [3.63, 3.8) is 0 Å². The van der Waals surface area contributed by atoms with Crippen molar-refractivity contribution in [1.82, 2.24) is 5.32 Å². The normalized spacial score (nSPS) is 13.6. The summed E-state index contributed by atoms with van der Waals surface area (Å²) in [4.78, 5) is 0. The second kappa shape index (κ2) is 6.83. The maximum atomic E-state index is 12.7. The number of halogens is 1. The number of rotatable bonds is 7. The van der Waals surface area contributed by atoms with Crippen molar-refractivity contribution in [2.75, 3.05) is 13.1 Å². The van der Waals surface area contributed by atoms with Gasteiger partial charge in [0.1, 0.15) is 5.82 Å². The van der Waals surface area contributed by atoms with Crippen LogP contribution in [0, 0.1) is 5.82 Å². The summed E-state index contributed by atoms with van der Waals surface area (Å²) in [6.07, 6.45) is 0.648. The molecule has 1 unspecified atom stereocenters. The molecule has 1 atom stereocenters. The predicted octanol–water partition coefficient (Wildman–Crippen LogP) is 2.00. The van der Waals surface area contributed by atoms with E-state index in [-0.39, 0.29) is 5.82 Å². The van der Waals surface area contributed by atoms with Gasteiger partial charge in [-0.05, 0) is 30.5 Å². The molecule has 0 fully saturated rings. The Hall–Kier alpha value is -0.970. The molecule has 1 aromatic carbocycles. The van der Waals surface area contributed by atoms with Gasteiger partial charge in [-0.2, -0.15) is 0 Å². The highest BCUT2D eigenvalue weighted by Gasteiger charge is 2.21. The largest absolute Gasteiger partial charge is 0.389 e. The molecule has 0 bridgehead atoms. The van der Waals surface area contributed by atoms with E-state index in [1.54, 1.807) is 12.1 Å². The van der Waals surface area contributed by atoms with Gasteiger partial charge in [0.15, 0.2) is 0 Å². The molecule has 0 spiro atoms. The van der Waals surface area contributed by atoms with Gasteiger partial charge in [-0.15, -0.1) is 0 Å². The molecule has 0 aliphatic heterocycles. The number of aliphatic hydroxyl groups is 2. The first-order chi connectivity index (χ1) is 8.50. The SMILES string of the molecule is CCC(O)(CC)CNCC(O)c1ccc(F)cc1. The smallest absolute Gasteiger partial charge is 0.123 e. The van der Waals surface area contributed by atoms with Crippen LogP contribution in [0.25, 0.3) is 0 Å². The van der Waals surface area contributed by atoms with Crippen LogP contribution < -0.4 is 5.32 Å². The van der Waals surface area contributed by atoms with Crippen LogP contribution in [0.5, 0.6) is 0 Å². The van der Waals surface area contributed by atoms with Gasteiger partial charge in [0.25, 0.3) is 0 Å². The molecular formula is C14H22FNO2. The molecule has 0 aliphatic rings. The van der Waals surface area contributed by atoms with E-state index >= 15 is 0 Å². The standard InChI is InChI=1S/C14H22FNO2/c1-3-14(18,4-2)10-16-9-13(17)11-5-7-12(15)8-6-11/h5-8,13,16-18H,3-4,9-10H2,1-2H3. The Morgan fingerprint density at radius 2 is 1.78 bits per heavy atom. The van der Waals surface area contributed by atoms with Gasteiger partial charge in [0.2, 0.25) is 0 Å². The fourth-order valence-electron chi connectivity index (χ4n) is 1.74. The van der Waals surface area contributed by atoms with Gasteiger partial charge in [0, 0.05) is 13.1 Å². The Morgan fingerprint density at radius 1 is 1.22 bits per heavy atom. The van der Waals surface area contributed by atoms with Crippen molar-refractivity contribution in [1.29, 1.82) is 0 Å². The van der Waals surface area contributed by atoms with E-state index in [1.165, 1.54) is 12.1 Å². The monoisotopic (exact) mass is 255 g/mol. The van der Waals surface area contributed by atoms with Crippen LogP contribution in [0.15, 0.2) is 24.3 Å². The third-order valence-electron chi connectivity index (χ3n) is 3.36. The van der Waals surface area contributed by atoms with E-state index in [4.69, 9.17) is 0 Å². The van der Waals surface area contributed by atoms with E-state index in [0.29, 0.717) is 31.5 Å². The first-order valence-corrected chi connectivity index (χ1v) is 6.37. The molecule has 3 N–H and O–H groups in total. The molecule has 0 radical (unpaired) electrons. The van der Waals surface area contributed by atoms with Crippen molar-refractivity contribution in [2.45, 2.75) is 38.4 Å². The second-order valence-electron chi connectivity index (χ2n) is 4.63. The molecule has 1 aromatic rings. The number of aliphatic hydroxyl groups excluding tert-OH is 1. The summed E-state index contributed by atoms with van der Waals surface area (Å²) >= 11 is 0. The summed E-state index contributed by atoms with van der Waals surface area (Å²) in [6, 6.07) is 5.78. The minimum Gasteiger partial charge on any atom is -0.389 e. The lowest BCUT2D eigenvalue weighted by molar-refractivity contribution is 0.0293. The summed E-state index contributed by atoms with van der Waals surface area (Å²) in [5.41, 5.74) is -0.0527. The van der Waals surface area contributed by atoms with E-state index < -0.39 is 11.7 Å². The van der Waals surface area contributed by atoms with Crippen LogP contribution in [-0.2, 0) is 0 Å². The van der Waals surface area contributed by atoms with Gasteiger partial charge in [-0.25, -0.2) is 4.39 Å². The number of benzene rings is 1. The Kier molecular flexibility index (Phi) is 5.72. The van der Waals surface area contributed by atoms with Crippen LogP contribution in [0.4, 0.5) is 4.39 Å². The van der Waals surface area contributed by atoms with E-state index in [0.717, 1.165) is 0 Å². The minimum absolute atomic E-state index is 0.315. The lowest BCUT2D eigenvalue weighted by Gasteiger charge is -2.26. The summed E-state index contributed by atoms with van der Waals surface area (Å²) in [7, 11) is 0. The number of hydrogen-bond acceptors (Lipinski definition) is 3. The average Bonchev–Trinajstić information content (AvgIpc) is 2.39. The maximum Gasteiger partial charge on any atom is 0.123 e. The lowest BCUT2D eigenvalue weighted by Crippen LogP contribution is -2.40. The zero-order valence-corrected chi connectivity index (χ0v) is 11.0. The van der Waals surface area contributed by atoms with Crippen molar-refractivity contribution in [2.24, 2.45) is 0 Å². The van der Waals surface area contributed by atoms with Gasteiger partial charge < -0.3 is 15.5 Å². The quantitative estimate of drug-likeness (QED) is 0.698. The molecule has 102 valence electrons. The molecule has 0 saturated carbocycles. The molecule has 0 aliphatic carbocycles. The summed E-state index contributed by atoms with van der Waals surface area (Å²) in [6.45, 7) is 4.65. The highest BCUT2D eigenvalue weighted by Crippen LogP contribution is 2.15. The summed E-state index contributed by atoms with van der Waals surface area (Å²) < 4.78 is 12.7. The molecule has 4 heteroatoms. The lowest BCUT2D eigenvalue weighted by atomic mass is 9.97. The molecule has 1 rings (SSSR count). The fourth-order valence-corrected chi connectivity index (χ4v) is 1.74. The van der Waals surface area contributed by atoms with E-state index in [2.05, 4.69) is 5.32 Å². The third-order valence-corrected chi connectivity index (χ3v) is 3.36. The Morgan fingerprint density at radius 3 is 2.28 bits per heavy atom. The molecular weight excluding hydrogens is 233 g/mol. The molecule has 0 saturated heterocycles. The predicted molar refractivity (Wildman–Crippen MR) is 69.8 cm³/mol. The van der Waals surface area contributed by atoms with Crippen LogP contribution >= 0.6 is 0 Å². The van der Waals surface area contributed by atoms with E-state index in [9.17, 15) is 14.6 Å². The summed E-state index contributed by atoms with van der Waals surface area (Å²) in [5.74, 6) is -0.315. The van der Waals surface area contributed by atoms with Crippen LogP contribution in [0.2, 0.25) is 0 Å². The first kappa shape index (κ1) is 15.1. The molecule has 0 amide bonds. The second-order valence-corrected chi connectivity index (χ2v) is 4.63. The van der Waals surface area contributed by atoms with E-state index in [1.807, 2.05) is 13.8 Å². The average molecular weight is 255 g/mol. The molecule has 3 nitrogen and oxygen atoms in total. The minimum atomic E-state index is -0.720. The van der Waals surface area contributed by atoms with Crippen molar-refractivity contribution < 1.29 is 14.6 Å². The fraction of sp³-hybridized carbons (Fsp3) is 0.571. The number of hydrogen-bond donors (Lipinski definition) is 3. The third kappa shape index (κ3) is 4.37. The Bertz CT molecular complexity index is 349. The molecule has 18 heavy (non-hydrogen) atoms.